The lowest BCUT2D eigenvalue weighted by molar-refractivity contribution is -0.135. The number of amides is 2. The molecule has 1 aliphatic carbocycles. The van der Waals surface area contributed by atoms with E-state index in [4.69, 9.17) is 27.9 Å². The average molecular weight is 517 g/mol. The lowest BCUT2D eigenvalue weighted by Crippen LogP contribution is -2.55. The number of ether oxygens (including phenoxy) is 1. The predicted molar refractivity (Wildman–Crippen MR) is 136 cm³/mol. The SMILES string of the molecule is CC(C)(Oc1ccc(Cl)cc1Cl)C(=O)N[C@H]1C[C@H]2CC[C@@H](C1)N2c1ccc(C(=O)NC2CC2)nc1. The van der Waals surface area contributed by atoms with Crippen LogP contribution in [0.3, 0.4) is 0 Å². The third kappa shape index (κ3) is 5.36. The van der Waals surface area contributed by atoms with Crippen molar-refractivity contribution < 1.29 is 14.3 Å². The molecule has 1 aromatic heterocycles. The average Bonchev–Trinajstić information content (AvgIpc) is 3.58. The molecule has 0 unspecified atom stereocenters. The molecule has 3 heterocycles. The number of pyridine rings is 1. The van der Waals surface area contributed by atoms with Crippen molar-refractivity contribution in [3.8, 4) is 5.75 Å². The fraction of sp³-hybridized carbons (Fsp3) is 0.500. The molecule has 9 heteroatoms. The Labute approximate surface area is 215 Å². The maximum absolute atomic E-state index is 13.1. The molecular formula is C26H30Cl2N4O3. The number of fused-ring (bicyclic) bond motifs is 2. The van der Waals surface area contributed by atoms with E-state index < -0.39 is 5.60 Å². The summed E-state index contributed by atoms with van der Waals surface area (Å²) < 4.78 is 5.96. The summed E-state index contributed by atoms with van der Waals surface area (Å²) in [5.41, 5.74) is 0.401. The number of hydrogen-bond donors (Lipinski definition) is 2. The van der Waals surface area contributed by atoms with E-state index in [-0.39, 0.29) is 17.9 Å². The van der Waals surface area contributed by atoms with Crippen LogP contribution >= 0.6 is 23.2 Å². The maximum atomic E-state index is 13.1. The van der Waals surface area contributed by atoms with Crippen LogP contribution in [0.25, 0.3) is 0 Å². The van der Waals surface area contributed by atoms with Gasteiger partial charge in [0, 0.05) is 29.2 Å². The number of rotatable bonds is 7. The molecule has 186 valence electrons. The minimum Gasteiger partial charge on any atom is -0.476 e. The van der Waals surface area contributed by atoms with Gasteiger partial charge < -0.3 is 20.3 Å². The third-order valence-electron chi connectivity index (χ3n) is 7.07. The van der Waals surface area contributed by atoms with Crippen molar-refractivity contribution in [3.05, 3.63) is 52.3 Å². The van der Waals surface area contributed by atoms with Crippen molar-refractivity contribution >= 4 is 40.7 Å². The smallest absolute Gasteiger partial charge is 0.270 e. The molecule has 1 saturated carbocycles. The second-order valence-electron chi connectivity index (χ2n) is 10.3. The molecule has 2 amide bonds. The van der Waals surface area contributed by atoms with E-state index in [2.05, 4.69) is 20.5 Å². The Morgan fingerprint density at radius 1 is 1.00 bits per heavy atom. The lowest BCUT2D eigenvalue weighted by Gasteiger charge is -2.41. The Hall–Kier alpha value is -2.51. The van der Waals surface area contributed by atoms with Gasteiger partial charge in [-0.1, -0.05) is 23.2 Å². The van der Waals surface area contributed by atoms with Crippen molar-refractivity contribution in [3.63, 3.8) is 0 Å². The van der Waals surface area contributed by atoms with E-state index in [0.717, 1.165) is 44.2 Å². The van der Waals surface area contributed by atoms with Crippen molar-refractivity contribution in [1.29, 1.82) is 0 Å². The van der Waals surface area contributed by atoms with Gasteiger partial charge in [-0.3, -0.25) is 9.59 Å². The first-order valence-electron chi connectivity index (χ1n) is 12.2. The monoisotopic (exact) mass is 516 g/mol. The largest absolute Gasteiger partial charge is 0.476 e. The zero-order valence-electron chi connectivity index (χ0n) is 19.9. The van der Waals surface area contributed by atoms with Gasteiger partial charge in [0.1, 0.15) is 11.4 Å². The summed E-state index contributed by atoms with van der Waals surface area (Å²) in [6.45, 7) is 3.48. The summed E-state index contributed by atoms with van der Waals surface area (Å²) in [4.78, 5) is 32.2. The number of aromatic nitrogens is 1. The van der Waals surface area contributed by atoms with Crippen LogP contribution in [0.1, 0.15) is 62.9 Å². The number of carbonyl (C=O) groups excluding carboxylic acids is 2. The second kappa shape index (κ2) is 9.51. The predicted octanol–water partition coefficient (Wildman–Crippen LogP) is 4.75. The minimum atomic E-state index is -1.09. The number of hydrogen-bond acceptors (Lipinski definition) is 5. The summed E-state index contributed by atoms with van der Waals surface area (Å²) >= 11 is 12.2. The molecular weight excluding hydrogens is 487 g/mol. The molecule has 2 aliphatic heterocycles. The van der Waals surface area contributed by atoms with Crippen molar-refractivity contribution in [2.45, 2.75) is 82.1 Å². The topological polar surface area (TPSA) is 83.6 Å². The van der Waals surface area contributed by atoms with Gasteiger partial charge in [-0.05, 0) is 82.7 Å². The number of halogens is 2. The summed E-state index contributed by atoms with van der Waals surface area (Å²) in [5.74, 6) is 0.148. The lowest BCUT2D eigenvalue weighted by atomic mass is 9.95. The normalized spacial score (nSPS) is 23.7. The number of nitrogens with zero attached hydrogens (tertiary/aromatic N) is 2. The van der Waals surface area contributed by atoms with Crippen LogP contribution in [0.15, 0.2) is 36.5 Å². The van der Waals surface area contributed by atoms with Gasteiger partial charge in [-0.25, -0.2) is 4.98 Å². The van der Waals surface area contributed by atoms with Gasteiger partial charge in [0.25, 0.3) is 11.8 Å². The summed E-state index contributed by atoms with van der Waals surface area (Å²) in [5, 5.41) is 7.06. The zero-order valence-corrected chi connectivity index (χ0v) is 21.4. The van der Waals surface area contributed by atoms with Gasteiger partial charge in [-0.2, -0.15) is 0 Å². The van der Waals surface area contributed by atoms with E-state index in [1.165, 1.54) is 0 Å². The molecule has 3 aliphatic rings. The van der Waals surface area contributed by atoms with Crippen LogP contribution in [0.5, 0.6) is 5.75 Å². The van der Waals surface area contributed by atoms with E-state index in [1.54, 1.807) is 38.2 Å². The van der Waals surface area contributed by atoms with Crippen molar-refractivity contribution in [1.82, 2.24) is 15.6 Å². The Morgan fingerprint density at radius 2 is 1.71 bits per heavy atom. The number of carbonyl (C=O) groups is 2. The van der Waals surface area contributed by atoms with Crippen LogP contribution in [0, 0.1) is 0 Å². The Morgan fingerprint density at radius 3 is 2.31 bits per heavy atom. The fourth-order valence-corrected chi connectivity index (χ4v) is 5.56. The number of nitrogens with one attached hydrogen (secondary N) is 2. The minimum absolute atomic E-state index is 0.0661. The standard InChI is InChI=1S/C26H30Cl2N4O3/c1-26(2,35-23-10-3-15(27)11-21(23)28)25(34)31-17-12-18-6-7-19(13-17)32(18)20-8-9-22(29-14-20)24(33)30-16-4-5-16/h3,8-11,14,16-19H,4-7,12-13H2,1-2H3,(H,30,33)(H,31,34)/t17-,18+,19-. The molecule has 0 spiro atoms. The summed E-state index contributed by atoms with van der Waals surface area (Å²) in [6, 6.07) is 9.78. The quantitative estimate of drug-likeness (QED) is 0.554. The summed E-state index contributed by atoms with van der Waals surface area (Å²) in [6.07, 6.45) is 7.75. The zero-order chi connectivity index (χ0) is 24.7. The first-order chi connectivity index (χ1) is 16.7. The Kier molecular flexibility index (Phi) is 6.57. The highest BCUT2D eigenvalue weighted by Crippen LogP contribution is 2.39. The molecule has 2 bridgehead atoms. The second-order valence-corrected chi connectivity index (χ2v) is 11.1. The van der Waals surface area contributed by atoms with Gasteiger partial charge >= 0.3 is 0 Å². The first kappa shape index (κ1) is 24.2. The van der Waals surface area contributed by atoms with Crippen molar-refractivity contribution in [2.24, 2.45) is 0 Å². The highest BCUT2D eigenvalue weighted by molar-refractivity contribution is 6.35. The molecule has 2 aromatic rings. The van der Waals surface area contributed by atoms with E-state index in [0.29, 0.717) is 39.6 Å². The fourth-order valence-electron chi connectivity index (χ4n) is 5.12. The highest BCUT2D eigenvalue weighted by atomic mass is 35.5. The maximum Gasteiger partial charge on any atom is 0.270 e. The Balaban J connectivity index is 1.20. The van der Waals surface area contributed by atoms with Gasteiger partial charge in [0.15, 0.2) is 5.60 Å². The number of benzene rings is 1. The van der Waals surface area contributed by atoms with Gasteiger partial charge in [-0.15, -0.1) is 0 Å². The van der Waals surface area contributed by atoms with Gasteiger partial charge in [0.2, 0.25) is 0 Å². The number of anilines is 1. The number of piperidine rings is 1. The molecule has 1 aromatic carbocycles. The van der Waals surface area contributed by atoms with Crippen LogP contribution in [0.2, 0.25) is 10.0 Å². The van der Waals surface area contributed by atoms with E-state index in [1.807, 2.05) is 12.1 Å². The van der Waals surface area contributed by atoms with Gasteiger partial charge in [0.05, 0.1) is 16.9 Å². The van der Waals surface area contributed by atoms with Crippen LogP contribution < -0.4 is 20.3 Å². The summed E-state index contributed by atoms with van der Waals surface area (Å²) in [7, 11) is 0. The van der Waals surface area contributed by atoms with Crippen molar-refractivity contribution in [2.75, 3.05) is 4.90 Å². The molecule has 3 fully saturated rings. The first-order valence-corrected chi connectivity index (χ1v) is 13.0. The third-order valence-corrected chi connectivity index (χ3v) is 7.60. The van der Waals surface area contributed by atoms with Crippen LogP contribution in [-0.4, -0.2) is 46.6 Å². The molecule has 35 heavy (non-hydrogen) atoms. The van der Waals surface area contributed by atoms with E-state index >= 15 is 0 Å². The Bertz CT molecular complexity index is 1110. The molecule has 2 N–H and O–H groups in total. The molecule has 2 saturated heterocycles. The molecule has 5 rings (SSSR count). The molecule has 7 nitrogen and oxygen atoms in total. The molecule has 0 radical (unpaired) electrons. The highest BCUT2D eigenvalue weighted by Gasteiger charge is 2.43. The van der Waals surface area contributed by atoms with Crippen LogP contribution in [-0.2, 0) is 4.79 Å². The van der Waals surface area contributed by atoms with Crippen LogP contribution in [0.4, 0.5) is 5.69 Å². The molecule has 3 atom stereocenters. The van der Waals surface area contributed by atoms with E-state index in [9.17, 15) is 9.59 Å².